The molecule has 0 bridgehead atoms. The summed E-state index contributed by atoms with van der Waals surface area (Å²) in [7, 11) is 0. The van der Waals surface area contributed by atoms with E-state index in [1.807, 2.05) is 6.07 Å². The minimum absolute atomic E-state index is 0.0490. The summed E-state index contributed by atoms with van der Waals surface area (Å²) in [5.74, 6) is -1.03. The Hall–Kier alpha value is -2.67. The maximum Gasteiger partial charge on any atom is 0.247 e. The zero-order chi connectivity index (χ0) is 17.1. The van der Waals surface area contributed by atoms with Gasteiger partial charge in [-0.3, -0.25) is 19.9 Å². The number of hydrogen-bond acceptors (Lipinski definition) is 4. The first-order valence-electron chi connectivity index (χ1n) is 7.24. The van der Waals surface area contributed by atoms with Crippen LogP contribution in [0, 0.1) is 11.2 Å². The Morgan fingerprint density at radius 2 is 1.83 bits per heavy atom. The average molecular weight is 343 g/mol. The van der Waals surface area contributed by atoms with Gasteiger partial charge in [-0.2, -0.15) is 0 Å². The van der Waals surface area contributed by atoms with E-state index in [0.717, 1.165) is 11.8 Å². The molecule has 1 aliphatic heterocycles. The minimum Gasteiger partial charge on any atom is -0.326 e. The zero-order valence-corrected chi connectivity index (χ0v) is 13.3. The van der Waals surface area contributed by atoms with E-state index >= 15 is 0 Å². The lowest BCUT2D eigenvalue weighted by Gasteiger charge is -2.15. The van der Waals surface area contributed by atoms with E-state index in [4.69, 9.17) is 5.41 Å². The quantitative estimate of drug-likeness (QED) is 0.895. The highest BCUT2D eigenvalue weighted by atomic mass is 32.2. The highest BCUT2D eigenvalue weighted by Crippen LogP contribution is 2.32. The van der Waals surface area contributed by atoms with Crippen LogP contribution in [0.5, 0.6) is 0 Å². The Balaban J connectivity index is 1.65. The number of para-hydroxylation sites is 1. The summed E-state index contributed by atoms with van der Waals surface area (Å²) in [6, 6.07) is 14.3. The molecule has 0 saturated carbocycles. The predicted octanol–water partition coefficient (Wildman–Crippen LogP) is 3.24. The molecule has 1 aliphatic rings. The number of carbonyl (C=O) groups is 2. The highest BCUT2D eigenvalue weighted by Gasteiger charge is 2.39. The van der Waals surface area contributed by atoms with Gasteiger partial charge in [-0.25, -0.2) is 4.39 Å². The second-order valence-electron chi connectivity index (χ2n) is 5.18. The lowest BCUT2D eigenvalue weighted by Crippen LogP contribution is -2.33. The molecule has 0 radical (unpaired) electrons. The van der Waals surface area contributed by atoms with Crippen LogP contribution in [0.2, 0.25) is 0 Å². The number of amidine groups is 1. The van der Waals surface area contributed by atoms with Crippen molar-refractivity contribution in [3.05, 3.63) is 60.4 Å². The molecule has 1 saturated heterocycles. The van der Waals surface area contributed by atoms with E-state index in [-0.39, 0.29) is 29.2 Å². The van der Waals surface area contributed by atoms with Crippen LogP contribution in [0.1, 0.15) is 6.42 Å². The van der Waals surface area contributed by atoms with Gasteiger partial charge in [-0.15, -0.1) is 0 Å². The van der Waals surface area contributed by atoms with Crippen LogP contribution < -0.4 is 10.2 Å². The molecule has 1 fully saturated rings. The van der Waals surface area contributed by atoms with E-state index in [1.54, 1.807) is 24.3 Å². The number of nitrogens with zero attached hydrogens (tertiary/aromatic N) is 1. The molecular formula is C17H14FN3O2S. The first-order chi connectivity index (χ1) is 11.5. The van der Waals surface area contributed by atoms with Crippen molar-refractivity contribution in [2.24, 2.45) is 0 Å². The SMILES string of the molecule is N=C1S[C@H](CC(=O)Nc2ccc(F)cc2)C(=O)N1c1ccccc1. The van der Waals surface area contributed by atoms with Crippen molar-refractivity contribution >= 4 is 40.1 Å². The van der Waals surface area contributed by atoms with E-state index < -0.39 is 5.25 Å². The Morgan fingerprint density at radius 3 is 2.50 bits per heavy atom. The van der Waals surface area contributed by atoms with Gasteiger partial charge in [0.2, 0.25) is 11.8 Å². The molecule has 2 N–H and O–H groups in total. The topological polar surface area (TPSA) is 73.3 Å². The van der Waals surface area contributed by atoms with Crippen molar-refractivity contribution in [1.82, 2.24) is 0 Å². The van der Waals surface area contributed by atoms with Crippen LogP contribution in [0.4, 0.5) is 15.8 Å². The Morgan fingerprint density at radius 1 is 1.17 bits per heavy atom. The van der Waals surface area contributed by atoms with Crippen LogP contribution in [-0.4, -0.2) is 22.2 Å². The largest absolute Gasteiger partial charge is 0.326 e. The van der Waals surface area contributed by atoms with Gasteiger partial charge in [-0.05, 0) is 36.4 Å². The van der Waals surface area contributed by atoms with Gasteiger partial charge in [0.15, 0.2) is 5.17 Å². The van der Waals surface area contributed by atoms with Crippen molar-refractivity contribution in [1.29, 1.82) is 5.41 Å². The fourth-order valence-electron chi connectivity index (χ4n) is 2.35. The maximum absolute atomic E-state index is 12.9. The molecule has 0 unspecified atom stereocenters. The number of hydrogen-bond donors (Lipinski definition) is 2. The fraction of sp³-hybridized carbons (Fsp3) is 0.118. The zero-order valence-electron chi connectivity index (χ0n) is 12.5. The van der Waals surface area contributed by atoms with Crippen molar-refractivity contribution in [3.63, 3.8) is 0 Å². The summed E-state index contributed by atoms with van der Waals surface area (Å²) in [5, 5.41) is 10.1. The normalized spacial score (nSPS) is 17.2. The number of carbonyl (C=O) groups excluding carboxylic acids is 2. The van der Waals surface area contributed by atoms with Gasteiger partial charge in [0, 0.05) is 12.1 Å². The molecule has 122 valence electrons. The molecule has 24 heavy (non-hydrogen) atoms. The monoisotopic (exact) mass is 343 g/mol. The van der Waals surface area contributed by atoms with Crippen molar-refractivity contribution in [2.45, 2.75) is 11.7 Å². The number of halogens is 1. The van der Waals surface area contributed by atoms with E-state index in [1.165, 1.54) is 29.2 Å². The second-order valence-corrected chi connectivity index (χ2v) is 6.37. The van der Waals surface area contributed by atoms with Gasteiger partial charge in [0.25, 0.3) is 0 Å². The van der Waals surface area contributed by atoms with Crippen LogP contribution in [0.25, 0.3) is 0 Å². The number of anilines is 2. The molecular weight excluding hydrogens is 329 g/mol. The van der Waals surface area contributed by atoms with Crippen molar-refractivity contribution < 1.29 is 14.0 Å². The first kappa shape index (κ1) is 16.2. The molecule has 0 spiro atoms. The molecule has 7 heteroatoms. The molecule has 1 atom stereocenters. The summed E-state index contributed by atoms with van der Waals surface area (Å²) in [6.45, 7) is 0. The summed E-state index contributed by atoms with van der Waals surface area (Å²) >= 11 is 1.06. The van der Waals surface area contributed by atoms with Crippen LogP contribution >= 0.6 is 11.8 Å². The van der Waals surface area contributed by atoms with E-state index in [2.05, 4.69) is 5.32 Å². The highest BCUT2D eigenvalue weighted by molar-refractivity contribution is 8.16. The van der Waals surface area contributed by atoms with Crippen LogP contribution in [0.15, 0.2) is 54.6 Å². The average Bonchev–Trinajstić information content (AvgIpc) is 2.84. The molecule has 2 aromatic carbocycles. The fourth-order valence-corrected chi connectivity index (χ4v) is 3.36. The van der Waals surface area contributed by atoms with Crippen molar-refractivity contribution in [2.75, 3.05) is 10.2 Å². The van der Waals surface area contributed by atoms with Gasteiger partial charge in [0.1, 0.15) is 11.1 Å². The summed E-state index contributed by atoms with van der Waals surface area (Å²) < 4.78 is 12.9. The summed E-state index contributed by atoms with van der Waals surface area (Å²) in [5.41, 5.74) is 1.08. The number of amides is 2. The van der Waals surface area contributed by atoms with Crippen LogP contribution in [-0.2, 0) is 9.59 Å². The smallest absolute Gasteiger partial charge is 0.247 e. The minimum atomic E-state index is -0.641. The number of benzene rings is 2. The third kappa shape index (κ3) is 3.46. The van der Waals surface area contributed by atoms with Crippen LogP contribution in [0.3, 0.4) is 0 Å². The number of thioether (sulfide) groups is 1. The molecule has 2 aromatic rings. The third-order valence-electron chi connectivity index (χ3n) is 3.47. The van der Waals surface area contributed by atoms with Gasteiger partial charge in [-0.1, -0.05) is 30.0 Å². The summed E-state index contributed by atoms with van der Waals surface area (Å²) in [4.78, 5) is 25.9. The number of nitrogens with one attached hydrogen (secondary N) is 2. The predicted molar refractivity (Wildman–Crippen MR) is 92.7 cm³/mol. The van der Waals surface area contributed by atoms with Gasteiger partial charge in [0.05, 0.1) is 5.69 Å². The molecule has 2 amide bonds. The molecule has 0 aliphatic carbocycles. The lowest BCUT2D eigenvalue weighted by molar-refractivity contribution is -0.121. The van der Waals surface area contributed by atoms with Gasteiger partial charge < -0.3 is 5.32 Å². The standard InChI is InChI=1S/C17H14FN3O2S/c18-11-6-8-12(9-7-11)20-15(22)10-14-16(23)21(17(19)24-14)13-4-2-1-3-5-13/h1-9,14,19H,10H2,(H,20,22)/t14-/m1/s1. The molecule has 3 rings (SSSR count). The van der Waals surface area contributed by atoms with Gasteiger partial charge >= 0.3 is 0 Å². The van der Waals surface area contributed by atoms with E-state index in [9.17, 15) is 14.0 Å². The summed E-state index contributed by atoms with van der Waals surface area (Å²) in [6.07, 6.45) is -0.0490. The molecule has 5 nitrogen and oxygen atoms in total. The lowest BCUT2D eigenvalue weighted by atomic mass is 10.2. The molecule has 1 heterocycles. The Bertz CT molecular complexity index is 780. The third-order valence-corrected chi connectivity index (χ3v) is 4.52. The maximum atomic E-state index is 12.9. The second kappa shape index (κ2) is 6.84. The van der Waals surface area contributed by atoms with E-state index in [0.29, 0.717) is 11.4 Å². The first-order valence-corrected chi connectivity index (χ1v) is 8.12. The number of rotatable bonds is 4. The van der Waals surface area contributed by atoms with Crippen molar-refractivity contribution in [3.8, 4) is 0 Å². The Labute approximate surface area is 142 Å². The Kier molecular flexibility index (Phi) is 4.61. The molecule has 0 aromatic heterocycles.